The molecule has 1 atom stereocenters. The lowest BCUT2D eigenvalue weighted by atomic mass is 10.4. The molecule has 1 aliphatic rings. The second kappa shape index (κ2) is 8.13. The molecule has 1 unspecified atom stereocenters. The van der Waals surface area contributed by atoms with Gasteiger partial charge >= 0.3 is 0 Å². The number of halogens is 9. The van der Waals surface area contributed by atoms with Crippen LogP contribution in [0.5, 0.6) is 0 Å². The molecule has 0 spiro atoms. The van der Waals surface area contributed by atoms with Gasteiger partial charge in [-0.25, -0.2) is 9.98 Å². The predicted octanol–water partition coefficient (Wildman–Crippen LogP) is 6.10. The third-order valence-electron chi connectivity index (χ3n) is 1.89. The molecule has 0 saturated carbocycles. The molecular weight excluding hydrogens is 712 g/mol. The highest BCUT2D eigenvalue weighted by molar-refractivity contribution is 9.25. The van der Waals surface area contributed by atoms with E-state index >= 15 is 0 Å². The summed E-state index contributed by atoms with van der Waals surface area (Å²) in [4.78, 5) is 10.3. The topological polar surface area (TPSA) is 28.0 Å². The summed E-state index contributed by atoms with van der Waals surface area (Å²) in [5.74, 6) is 1.04. The first kappa shape index (κ1) is 19.9. The first-order chi connectivity index (χ1) is 8.55. The fourth-order valence-corrected chi connectivity index (χ4v) is 3.59. The lowest BCUT2D eigenvalue weighted by Gasteiger charge is -2.40. The summed E-state index contributed by atoms with van der Waals surface area (Å²) in [5.41, 5.74) is 0. The molecule has 0 aromatic heterocycles. The standard InChI is InChI=1S/C7H4Br6Cl3N3/c8-1(9)4-17-5(2(10)11)19(7(14,15)16)6(18-4)3(12)13/h1-3,5H. The van der Waals surface area contributed by atoms with Crippen LogP contribution < -0.4 is 0 Å². The van der Waals surface area contributed by atoms with Crippen LogP contribution in [0, 0.1) is 0 Å². The summed E-state index contributed by atoms with van der Waals surface area (Å²) in [6.45, 7) is 0. The average Bonchev–Trinajstić information content (AvgIpc) is 2.25. The van der Waals surface area contributed by atoms with Crippen molar-refractivity contribution in [3.05, 3.63) is 0 Å². The van der Waals surface area contributed by atoms with E-state index in [1.54, 1.807) is 0 Å². The van der Waals surface area contributed by atoms with Crippen molar-refractivity contribution in [2.75, 3.05) is 0 Å². The molecule has 19 heavy (non-hydrogen) atoms. The van der Waals surface area contributed by atoms with Crippen LogP contribution in [0.15, 0.2) is 9.98 Å². The van der Waals surface area contributed by atoms with Gasteiger partial charge in [0.2, 0.25) is 0 Å². The first-order valence-electron chi connectivity index (χ1n) is 4.42. The highest BCUT2D eigenvalue weighted by atomic mass is 79.9. The van der Waals surface area contributed by atoms with Crippen LogP contribution in [0.3, 0.4) is 0 Å². The number of aliphatic imine (C=N–C) groups is 2. The van der Waals surface area contributed by atoms with E-state index in [1.807, 2.05) is 0 Å². The van der Waals surface area contributed by atoms with Crippen LogP contribution in [0.25, 0.3) is 0 Å². The van der Waals surface area contributed by atoms with Crippen LogP contribution in [0.2, 0.25) is 0 Å². The zero-order valence-corrected chi connectivity index (χ0v) is 20.3. The van der Waals surface area contributed by atoms with Gasteiger partial charge in [0.1, 0.15) is 23.2 Å². The van der Waals surface area contributed by atoms with E-state index in [1.165, 1.54) is 4.90 Å². The second-order valence-electron chi connectivity index (χ2n) is 3.14. The minimum atomic E-state index is -1.69. The maximum absolute atomic E-state index is 6.02. The Bertz CT molecular complexity index is 394. The average molecular weight is 716 g/mol. The van der Waals surface area contributed by atoms with Crippen LogP contribution >= 0.6 is 130 Å². The van der Waals surface area contributed by atoms with E-state index in [2.05, 4.69) is 106 Å². The summed E-state index contributed by atoms with van der Waals surface area (Å²) in [7, 11) is 0. The summed E-state index contributed by atoms with van der Waals surface area (Å²) in [6.07, 6.45) is -0.481. The molecule has 0 aliphatic carbocycles. The zero-order chi connectivity index (χ0) is 15.0. The molecule has 3 nitrogen and oxygen atoms in total. The van der Waals surface area contributed by atoms with E-state index < -0.39 is 10.1 Å². The van der Waals surface area contributed by atoms with E-state index in [0.29, 0.717) is 11.7 Å². The molecule has 0 N–H and O–H groups in total. The van der Waals surface area contributed by atoms with Crippen molar-refractivity contribution >= 4 is 142 Å². The fourth-order valence-electron chi connectivity index (χ4n) is 1.24. The zero-order valence-electron chi connectivity index (χ0n) is 8.55. The van der Waals surface area contributed by atoms with Crippen molar-refractivity contribution in [3.8, 4) is 0 Å². The minimum absolute atomic E-state index is 0.201. The molecule has 110 valence electrons. The van der Waals surface area contributed by atoms with Gasteiger partial charge in [-0.3, -0.25) is 4.90 Å². The molecule has 1 rings (SSSR count). The number of hydrogen-bond donors (Lipinski definition) is 0. The highest BCUT2D eigenvalue weighted by Gasteiger charge is 2.44. The van der Waals surface area contributed by atoms with Gasteiger partial charge in [0.05, 0.1) is 0 Å². The van der Waals surface area contributed by atoms with Crippen LogP contribution in [-0.4, -0.2) is 37.9 Å². The second-order valence-corrected chi connectivity index (χ2v) is 14.7. The number of hydrogen-bond acceptors (Lipinski definition) is 3. The van der Waals surface area contributed by atoms with Crippen molar-refractivity contribution in [3.63, 3.8) is 0 Å². The third kappa shape index (κ3) is 5.48. The Balaban J connectivity index is 3.32. The van der Waals surface area contributed by atoms with Gasteiger partial charge in [-0.05, 0) is 0 Å². The van der Waals surface area contributed by atoms with Gasteiger partial charge in [-0.2, -0.15) is 0 Å². The van der Waals surface area contributed by atoms with Crippen molar-refractivity contribution < 1.29 is 0 Å². The Labute approximate surface area is 176 Å². The molecule has 12 heteroatoms. The van der Waals surface area contributed by atoms with Crippen molar-refractivity contribution in [1.29, 1.82) is 0 Å². The van der Waals surface area contributed by atoms with E-state index in [4.69, 9.17) is 34.8 Å². The van der Waals surface area contributed by atoms with Gasteiger partial charge in [-0.15, -0.1) is 0 Å². The van der Waals surface area contributed by atoms with E-state index in [0.717, 1.165) is 0 Å². The van der Waals surface area contributed by atoms with Crippen molar-refractivity contribution in [2.24, 2.45) is 9.98 Å². The molecule has 0 fully saturated rings. The van der Waals surface area contributed by atoms with E-state index in [-0.39, 0.29) is 11.2 Å². The molecule has 1 aliphatic heterocycles. The summed E-state index contributed by atoms with van der Waals surface area (Å²) >= 11 is 38.3. The molecular formula is C7H4Br6Cl3N3. The minimum Gasteiger partial charge on any atom is -0.289 e. The largest absolute Gasteiger partial charge is 0.289 e. The van der Waals surface area contributed by atoms with Crippen LogP contribution in [0.1, 0.15) is 0 Å². The molecule has 0 aromatic rings. The van der Waals surface area contributed by atoms with Crippen LogP contribution in [-0.2, 0) is 0 Å². The number of nitrogens with zero attached hydrogens (tertiary/aromatic N) is 3. The molecule has 0 amide bonds. The SMILES string of the molecule is ClC(Cl)(Cl)N1C(C(Br)Br)=NC(C(Br)Br)=NC1C(Br)Br. The maximum atomic E-state index is 6.02. The Hall–Kier alpha value is 2.89. The lowest BCUT2D eigenvalue weighted by Crippen LogP contribution is -2.54. The Morgan fingerprint density at radius 1 is 1.00 bits per heavy atom. The maximum Gasteiger partial charge on any atom is 0.270 e. The fraction of sp³-hybridized carbons (Fsp3) is 0.714. The van der Waals surface area contributed by atoms with Crippen LogP contribution in [0.4, 0.5) is 0 Å². The Morgan fingerprint density at radius 3 is 1.84 bits per heavy atom. The number of alkyl halides is 9. The molecule has 0 aromatic carbocycles. The van der Waals surface area contributed by atoms with Crippen molar-refractivity contribution in [1.82, 2.24) is 4.90 Å². The summed E-state index contributed by atoms with van der Waals surface area (Å²) in [6, 6.07) is 0. The molecule has 0 radical (unpaired) electrons. The lowest BCUT2D eigenvalue weighted by molar-refractivity contribution is 0.334. The van der Waals surface area contributed by atoms with E-state index in [9.17, 15) is 0 Å². The third-order valence-corrected chi connectivity index (χ3v) is 5.02. The van der Waals surface area contributed by atoms with Gasteiger partial charge in [-0.1, -0.05) is 130 Å². The van der Waals surface area contributed by atoms with Gasteiger partial charge < -0.3 is 0 Å². The first-order valence-corrected chi connectivity index (χ1v) is 11.0. The highest BCUT2D eigenvalue weighted by Crippen LogP contribution is 2.40. The number of amidine groups is 2. The summed E-state index contributed by atoms with van der Waals surface area (Å²) in [5, 5.41) is 0. The Morgan fingerprint density at radius 2 is 1.53 bits per heavy atom. The van der Waals surface area contributed by atoms with Gasteiger partial charge in [0.25, 0.3) is 3.92 Å². The molecule has 0 bridgehead atoms. The number of rotatable bonds is 3. The summed E-state index contributed by atoms with van der Waals surface area (Å²) < 4.78 is -2.41. The quantitative estimate of drug-likeness (QED) is 0.257. The van der Waals surface area contributed by atoms with Crippen molar-refractivity contribution in [2.45, 2.75) is 21.3 Å². The normalized spacial score (nSPS) is 21.3. The monoisotopic (exact) mass is 708 g/mol. The molecule has 1 heterocycles. The Kier molecular flexibility index (Phi) is 8.53. The van der Waals surface area contributed by atoms with Gasteiger partial charge in [0, 0.05) is 0 Å². The molecule has 0 saturated heterocycles. The predicted molar refractivity (Wildman–Crippen MR) is 106 cm³/mol. The smallest absolute Gasteiger partial charge is 0.270 e. The van der Waals surface area contributed by atoms with Gasteiger partial charge in [0.15, 0.2) is 5.84 Å².